The Morgan fingerprint density at radius 2 is 2.14 bits per heavy atom. The summed E-state index contributed by atoms with van der Waals surface area (Å²) in [6, 6.07) is 10.8. The molecule has 1 N–H and O–H groups in total. The molecule has 7 nitrogen and oxygen atoms in total. The van der Waals surface area contributed by atoms with Crippen LogP contribution >= 0.6 is 11.3 Å². The third-order valence-electron chi connectivity index (χ3n) is 4.76. The molecular formula is C21H20N4O3S. The van der Waals surface area contributed by atoms with Gasteiger partial charge in [-0.1, -0.05) is 29.4 Å². The van der Waals surface area contributed by atoms with Crippen LogP contribution < -0.4 is 10.1 Å². The topological polar surface area (TPSA) is 80.5 Å². The summed E-state index contributed by atoms with van der Waals surface area (Å²) in [6.45, 7) is 6.00. The van der Waals surface area contributed by atoms with Crippen molar-refractivity contribution >= 4 is 22.9 Å². The normalized spacial score (nSPS) is 16.7. The van der Waals surface area contributed by atoms with Gasteiger partial charge in [-0.2, -0.15) is 4.98 Å². The highest BCUT2D eigenvalue weighted by Crippen LogP contribution is 2.38. The molecule has 29 heavy (non-hydrogen) atoms. The highest BCUT2D eigenvalue weighted by atomic mass is 32.1. The Kier molecular flexibility index (Phi) is 5.18. The number of rotatable bonds is 6. The fraction of sp³-hybridized carbons (Fsp3) is 0.190. The van der Waals surface area contributed by atoms with Crippen LogP contribution in [0.1, 0.15) is 24.4 Å². The number of thiophene rings is 1. The second kappa shape index (κ2) is 7.92. The molecule has 1 aliphatic rings. The molecule has 0 bridgehead atoms. The van der Waals surface area contributed by atoms with Gasteiger partial charge in [-0.25, -0.2) is 4.79 Å². The van der Waals surface area contributed by atoms with Crippen molar-refractivity contribution in [3.05, 3.63) is 71.6 Å². The van der Waals surface area contributed by atoms with E-state index in [0.29, 0.717) is 18.3 Å². The summed E-state index contributed by atoms with van der Waals surface area (Å²) in [4.78, 5) is 19.8. The number of nitrogens with zero attached hydrogens (tertiary/aromatic N) is 3. The van der Waals surface area contributed by atoms with Gasteiger partial charge < -0.3 is 14.6 Å². The van der Waals surface area contributed by atoms with E-state index >= 15 is 0 Å². The zero-order valence-corrected chi connectivity index (χ0v) is 16.9. The molecule has 0 fully saturated rings. The number of allylic oxidation sites excluding steroid dienone is 1. The molecule has 1 aliphatic heterocycles. The van der Waals surface area contributed by atoms with Gasteiger partial charge in [0.05, 0.1) is 23.6 Å². The summed E-state index contributed by atoms with van der Waals surface area (Å²) in [5, 5.41) is 9.14. The number of methoxy groups -OCH3 is 1. The van der Waals surface area contributed by atoms with Crippen LogP contribution in [0.2, 0.25) is 0 Å². The fourth-order valence-electron chi connectivity index (χ4n) is 3.29. The van der Waals surface area contributed by atoms with Crippen LogP contribution in [0.3, 0.4) is 0 Å². The van der Waals surface area contributed by atoms with Crippen LogP contribution in [0.15, 0.2) is 64.7 Å². The number of hydrogen-bond acceptors (Lipinski definition) is 6. The Hall–Kier alpha value is -3.39. The first-order chi connectivity index (χ1) is 14.1. The molecule has 3 aromatic rings. The summed E-state index contributed by atoms with van der Waals surface area (Å²) in [6.07, 6.45) is 1.68. The molecule has 3 heterocycles. The number of carbonyl (C=O) groups excluding carboxylic acids is 1. The van der Waals surface area contributed by atoms with Crippen molar-refractivity contribution in [1.29, 1.82) is 0 Å². The molecule has 0 spiro atoms. The zero-order chi connectivity index (χ0) is 20.4. The van der Waals surface area contributed by atoms with Crippen molar-refractivity contribution in [2.45, 2.75) is 13.0 Å². The van der Waals surface area contributed by atoms with Crippen molar-refractivity contribution in [2.24, 2.45) is 0 Å². The van der Waals surface area contributed by atoms with E-state index in [4.69, 9.17) is 9.26 Å². The maximum Gasteiger partial charge on any atom is 0.322 e. The van der Waals surface area contributed by atoms with E-state index in [1.807, 2.05) is 48.7 Å². The molecule has 0 radical (unpaired) electrons. The van der Waals surface area contributed by atoms with E-state index in [1.165, 1.54) is 11.3 Å². The van der Waals surface area contributed by atoms with Gasteiger partial charge in [0.15, 0.2) is 0 Å². The molecule has 0 saturated carbocycles. The molecule has 2 aromatic heterocycles. The van der Waals surface area contributed by atoms with Gasteiger partial charge in [-0.05, 0) is 36.1 Å². The van der Waals surface area contributed by atoms with E-state index < -0.39 is 6.04 Å². The fourth-order valence-corrected chi connectivity index (χ4v) is 3.94. The Morgan fingerprint density at radius 1 is 1.34 bits per heavy atom. The first-order valence-corrected chi connectivity index (χ1v) is 9.92. The maximum absolute atomic E-state index is 12.7. The van der Waals surface area contributed by atoms with Gasteiger partial charge >= 0.3 is 6.03 Å². The smallest absolute Gasteiger partial charge is 0.322 e. The van der Waals surface area contributed by atoms with Gasteiger partial charge in [0, 0.05) is 12.2 Å². The van der Waals surface area contributed by atoms with Gasteiger partial charge in [-0.3, -0.25) is 4.90 Å². The average molecular weight is 408 g/mol. The number of urea groups is 1. The standard InChI is InChI=1S/C21H20N4O3S/c1-4-11-25-13(2)17(20-23-19(24-28-20)16-6-5-12-29-16)18(22-21(25)26)14-7-9-15(27-3)10-8-14/h4-10,12,18H,1,11H2,2-3H3,(H,22,26). The quantitative estimate of drug-likeness (QED) is 0.608. The van der Waals surface area contributed by atoms with Crippen LogP contribution in [0.4, 0.5) is 4.79 Å². The average Bonchev–Trinajstić information content (AvgIpc) is 3.42. The van der Waals surface area contributed by atoms with Crippen LogP contribution in [-0.4, -0.2) is 34.7 Å². The maximum atomic E-state index is 12.7. The van der Waals surface area contributed by atoms with Crippen molar-refractivity contribution in [3.8, 4) is 16.5 Å². The number of carbonyl (C=O) groups is 1. The Balaban J connectivity index is 1.81. The molecule has 4 rings (SSSR count). The second-order valence-corrected chi connectivity index (χ2v) is 7.40. The first-order valence-electron chi connectivity index (χ1n) is 9.04. The molecule has 1 atom stereocenters. The summed E-state index contributed by atoms with van der Waals surface area (Å²) in [5.74, 6) is 1.64. The van der Waals surface area contributed by atoms with Crippen molar-refractivity contribution in [3.63, 3.8) is 0 Å². The number of amides is 2. The third kappa shape index (κ3) is 3.54. The SMILES string of the molecule is C=CCN1C(=O)NC(c2ccc(OC)cc2)C(c2nc(-c3cccs3)no2)=C1C. The molecular weight excluding hydrogens is 388 g/mol. The van der Waals surface area contributed by atoms with E-state index in [-0.39, 0.29) is 6.03 Å². The predicted molar refractivity (Wildman–Crippen MR) is 111 cm³/mol. The third-order valence-corrected chi connectivity index (χ3v) is 5.62. The summed E-state index contributed by atoms with van der Waals surface area (Å²) < 4.78 is 10.9. The van der Waals surface area contributed by atoms with Crippen molar-refractivity contribution in [1.82, 2.24) is 20.4 Å². The van der Waals surface area contributed by atoms with Crippen LogP contribution in [0.25, 0.3) is 16.3 Å². The van der Waals surface area contributed by atoms with E-state index in [2.05, 4.69) is 22.0 Å². The second-order valence-electron chi connectivity index (χ2n) is 6.45. The molecule has 1 unspecified atom stereocenters. The number of ether oxygens (including phenoxy) is 1. The van der Waals surface area contributed by atoms with Crippen molar-refractivity contribution < 1.29 is 14.1 Å². The van der Waals surface area contributed by atoms with Gasteiger partial charge in [-0.15, -0.1) is 17.9 Å². The van der Waals surface area contributed by atoms with Gasteiger partial charge in [0.2, 0.25) is 5.82 Å². The van der Waals surface area contributed by atoms with E-state index in [0.717, 1.165) is 27.5 Å². The molecule has 148 valence electrons. The van der Waals surface area contributed by atoms with Gasteiger partial charge in [0.1, 0.15) is 5.75 Å². The predicted octanol–water partition coefficient (Wildman–Crippen LogP) is 4.49. The minimum absolute atomic E-state index is 0.204. The Bertz CT molecular complexity index is 1050. The lowest BCUT2D eigenvalue weighted by Crippen LogP contribution is -2.46. The molecule has 8 heteroatoms. The number of hydrogen-bond donors (Lipinski definition) is 1. The minimum atomic E-state index is -0.425. The zero-order valence-electron chi connectivity index (χ0n) is 16.1. The lowest BCUT2D eigenvalue weighted by atomic mass is 9.94. The summed E-state index contributed by atoms with van der Waals surface area (Å²) in [5.41, 5.74) is 2.39. The minimum Gasteiger partial charge on any atom is -0.497 e. The van der Waals surface area contributed by atoms with E-state index in [9.17, 15) is 4.79 Å². The molecule has 0 saturated heterocycles. The first kappa shape index (κ1) is 18.9. The lowest BCUT2D eigenvalue weighted by molar-refractivity contribution is 0.209. The monoisotopic (exact) mass is 408 g/mol. The largest absolute Gasteiger partial charge is 0.497 e. The Morgan fingerprint density at radius 3 is 2.79 bits per heavy atom. The number of benzene rings is 1. The number of aromatic nitrogens is 2. The highest BCUT2D eigenvalue weighted by molar-refractivity contribution is 7.13. The van der Waals surface area contributed by atoms with Crippen LogP contribution in [0.5, 0.6) is 5.75 Å². The van der Waals surface area contributed by atoms with Crippen molar-refractivity contribution in [2.75, 3.05) is 13.7 Å². The molecule has 0 aliphatic carbocycles. The summed E-state index contributed by atoms with van der Waals surface area (Å²) >= 11 is 1.54. The van der Waals surface area contributed by atoms with Gasteiger partial charge in [0.25, 0.3) is 5.89 Å². The Labute approximate surface area is 172 Å². The number of nitrogens with one attached hydrogen (secondary N) is 1. The lowest BCUT2D eigenvalue weighted by Gasteiger charge is -2.34. The molecule has 2 amide bonds. The van der Waals surface area contributed by atoms with Crippen LogP contribution in [-0.2, 0) is 0 Å². The van der Waals surface area contributed by atoms with E-state index in [1.54, 1.807) is 18.1 Å². The van der Waals surface area contributed by atoms with Crippen LogP contribution in [0, 0.1) is 0 Å². The highest BCUT2D eigenvalue weighted by Gasteiger charge is 2.35. The molecule has 1 aromatic carbocycles. The summed E-state index contributed by atoms with van der Waals surface area (Å²) in [7, 11) is 1.62.